The molecule has 0 atom stereocenters. The first-order valence-electron chi connectivity index (χ1n) is 6.17. The Balaban J connectivity index is 2.16. The van der Waals surface area contributed by atoms with Crippen molar-refractivity contribution in [3.8, 4) is 11.5 Å². The minimum atomic E-state index is -3.59. The van der Waals surface area contributed by atoms with Crippen LogP contribution in [-0.4, -0.2) is 27.6 Å². The lowest BCUT2D eigenvalue weighted by atomic mass is 10.2. The molecular weight excluding hydrogens is 292 g/mol. The van der Waals surface area contributed by atoms with Gasteiger partial charge in [-0.25, -0.2) is 13.1 Å². The monoisotopic (exact) mass is 308 g/mol. The third kappa shape index (κ3) is 3.93. The van der Waals surface area contributed by atoms with Gasteiger partial charge < -0.3 is 9.47 Å². The van der Waals surface area contributed by atoms with Crippen LogP contribution in [0.15, 0.2) is 47.6 Å². The van der Waals surface area contributed by atoms with E-state index < -0.39 is 10.0 Å². The van der Waals surface area contributed by atoms with E-state index in [4.69, 9.17) is 9.47 Å². The van der Waals surface area contributed by atoms with Gasteiger partial charge >= 0.3 is 0 Å². The Morgan fingerprint density at radius 3 is 2.33 bits per heavy atom. The topological polar surface area (TPSA) is 77.5 Å². The third-order valence-corrected chi connectivity index (χ3v) is 4.21. The standard InChI is InChI=1S/C14H16N2O4S/c1-19-12-6-11(7-13(8-12)20-2)9-16-21(17,18)14-4-3-5-15-10-14/h3-8,10,16H,9H2,1-2H3. The summed E-state index contributed by atoms with van der Waals surface area (Å²) in [6, 6.07) is 8.27. The first kappa shape index (κ1) is 15.3. The molecule has 0 saturated heterocycles. The normalized spacial score (nSPS) is 11.1. The number of hydrogen-bond donors (Lipinski definition) is 1. The molecule has 1 aromatic carbocycles. The Morgan fingerprint density at radius 2 is 1.81 bits per heavy atom. The van der Waals surface area contributed by atoms with Gasteiger partial charge in [0.2, 0.25) is 10.0 Å². The van der Waals surface area contributed by atoms with Crippen LogP contribution in [0.4, 0.5) is 0 Å². The molecule has 1 heterocycles. The van der Waals surface area contributed by atoms with E-state index in [0.29, 0.717) is 11.5 Å². The van der Waals surface area contributed by atoms with Crippen molar-refractivity contribution in [1.29, 1.82) is 0 Å². The van der Waals surface area contributed by atoms with Gasteiger partial charge in [0.05, 0.1) is 14.2 Å². The number of aromatic nitrogens is 1. The van der Waals surface area contributed by atoms with Crippen molar-refractivity contribution in [1.82, 2.24) is 9.71 Å². The van der Waals surface area contributed by atoms with Gasteiger partial charge in [-0.15, -0.1) is 0 Å². The lowest BCUT2D eigenvalue weighted by Crippen LogP contribution is -2.23. The molecule has 2 rings (SSSR count). The van der Waals surface area contributed by atoms with Crippen LogP contribution in [0.1, 0.15) is 5.56 Å². The van der Waals surface area contributed by atoms with Crippen LogP contribution in [0.25, 0.3) is 0 Å². The van der Waals surface area contributed by atoms with Gasteiger partial charge in [-0.1, -0.05) is 0 Å². The number of rotatable bonds is 6. The summed E-state index contributed by atoms with van der Waals surface area (Å²) in [7, 11) is -0.512. The second-order valence-corrected chi connectivity index (χ2v) is 6.00. The average Bonchev–Trinajstić information content (AvgIpc) is 2.53. The highest BCUT2D eigenvalue weighted by molar-refractivity contribution is 7.89. The van der Waals surface area contributed by atoms with Crippen molar-refractivity contribution >= 4 is 10.0 Å². The molecule has 0 aliphatic rings. The smallest absolute Gasteiger partial charge is 0.242 e. The molecule has 0 spiro atoms. The second-order valence-electron chi connectivity index (χ2n) is 4.23. The van der Waals surface area contributed by atoms with Gasteiger partial charge in [-0.05, 0) is 29.8 Å². The van der Waals surface area contributed by atoms with Crippen LogP contribution in [0, 0.1) is 0 Å². The largest absolute Gasteiger partial charge is 0.497 e. The summed E-state index contributed by atoms with van der Waals surface area (Å²) in [5.41, 5.74) is 0.735. The average molecular weight is 308 g/mol. The quantitative estimate of drug-likeness (QED) is 0.876. The van der Waals surface area contributed by atoms with Crippen molar-refractivity contribution in [2.24, 2.45) is 0 Å². The van der Waals surface area contributed by atoms with Crippen LogP contribution in [0.5, 0.6) is 11.5 Å². The number of sulfonamides is 1. The lowest BCUT2D eigenvalue weighted by Gasteiger charge is -2.10. The number of nitrogens with zero attached hydrogens (tertiary/aromatic N) is 1. The second kappa shape index (κ2) is 6.55. The molecule has 0 saturated carbocycles. The molecule has 0 aliphatic heterocycles. The highest BCUT2D eigenvalue weighted by atomic mass is 32.2. The summed E-state index contributed by atoms with van der Waals surface area (Å²) in [5, 5.41) is 0. The van der Waals surface area contributed by atoms with Crippen molar-refractivity contribution in [3.05, 3.63) is 48.3 Å². The highest BCUT2D eigenvalue weighted by Crippen LogP contribution is 2.22. The molecule has 0 unspecified atom stereocenters. The molecule has 0 radical (unpaired) electrons. The van der Waals surface area contributed by atoms with Crippen molar-refractivity contribution in [3.63, 3.8) is 0 Å². The summed E-state index contributed by atoms with van der Waals surface area (Å²) in [5.74, 6) is 1.20. The van der Waals surface area contributed by atoms with Crippen LogP contribution < -0.4 is 14.2 Å². The maximum atomic E-state index is 12.1. The molecule has 0 amide bonds. The zero-order chi connectivity index (χ0) is 15.3. The van der Waals surface area contributed by atoms with Crippen molar-refractivity contribution in [2.75, 3.05) is 14.2 Å². The summed E-state index contributed by atoms with van der Waals surface area (Å²) in [6.45, 7) is 0.130. The van der Waals surface area contributed by atoms with E-state index in [9.17, 15) is 8.42 Å². The zero-order valence-electron chi connectivity index (χ0n) is 11.7. The third-order valence-electron chi connectivity index (χ3n) is 2.82. The number of benzene rings is 1. The van der Waals surface area contributed by atoms with Gasteiger partial charge in [0.1, 0.15) is 16.4 Å². The molecule has 1 aromatic heterocycles. The zero-order valence-corrected chi connectivity index (χ0v) is 12.6. The number of ether oxygens (including phenoxy) is 2. The van der Waals surface area contributed by atoms with Crippen LogP contribution in [0.2, 0.25) is 0 Å². The molecule has 112 valence electrons. The molecule has 21 heavy (non-hydrogen) atoms. The Kier molecular flexibility index (Phi) is 4.77. The minimum Gasteiger partial charge on any atom is -0.497 e. The van der Waals surface area contributed by atoms with Crippen LogP contribution in [0.3, 0.4) is 0 Å². The fourth-order valence-corrected chi connectivity index (χ4v) is 2.72. The number of methoxy groups -OCH3 is 2. The van der Waals surface area contributed by atoms with E-state index in [1.807, 2.05) is 0 Å². The van der Waals surface area contributed by atoms with Gasteiger partial charge in [0, 0.05) is 25.0 Å². The van der Waals surface area contributed by atoms with E-state index in [2.05, 4.69) is 9.71 Å². The Bertz CT molecular complexity index is 680. The predicted octanol–water partition coefficient (Wildman–Crippen LogP) is 1.58. The summed E-state index contributed by atoms with van der Waals surface area (Å²) in [4.78, 5) is 3.93. The number of nitrogens with one attached hydrogen (secondary N) is 1. The molecule has 2 aromatic rings. The first-order chi connectivity index (χ1) is 10.0. The highest BCUT2D eigenvalue weighted by Gasteiger charge is 2.14. The molecule has 0 bridgehead atoms. The van der Waals surface area contributed by atoms with E-state index >= 15 is 0 Å². The van der Waals surface area contributed by atoms with E-state index in [-0.39, 0.29) is 11.4 Å². The molecule has 7 heteroatoms. The maximum Gasteiger partial charge on any atom is 0.242 e. The molecular formula is C14H16N2O4S. The van der Waals surface area contributed by atoms with E-state index in [0.717, 1.165) is 5.56 Å². The number of hydrogen-bond acceptors (Lipinski definition) is 5. The fraction of sp³-hybridized carbons (Fsp3) is 0.214. The minimum absolute atomic E-state index is 0.125. The fourth-order valence-electron chi connectivity index (χ4n) is 1.74. The van der Waals surface area contributed by atoms with Gasteiger partial charge in [0.25, 0.3) is 0 Å². The maximum absolute atomic E-state index is 12.1. The first-order valence-corrected chi connectivity index (χ1v) is 7.65. The Labute approximate surface area is 123 Å². The van der Waals surface area contributed by atoms with E-state index in [1.54, 1.807) is 38.5 Å². The van der Waals surface area contributed by atoms with Crippen LogP contribution >= 0.6 is 0 Å². The Hall–Kier alpha value is -2.12. The van der Waals surface area contributed by atoms with Crippen molar-refractivity contribution < 1.29 is 17.9 Å². The Morgan fingerprint density at radius 1 is 1.14 bits per heavy atom. The van der Waals surface area contributed by atoms with Crippen LogP contribution in [-0.2, 0) is 16.6 Å². The van der Waals surface area contributed by atoms with Gasteiger partial charge in [-0.3, -0.25) is 4.98 Å². The number of pyridine rings is 1. The molecule has 0 fully saturated rings. The molecule has 0 aliphatic carbocycles. The summed E-state index contributed by atoms with van der Waals surface area (Å²) >= 11 is 0. The van der Waals surface area contributed by atoms with Gasteiger partial charge in [0.15, 0.2) is 0 Å². The van der Waals surface area contributed by atoms with E-state index in [1.165, 1.54) is 18.5 Å². The van der Waals surface area contributed by atoms with Crippen molar-refractivity contribution in [2.45, 2.75) is 11.4 Å². The van der Waals surface area contributed by atoms with Gasteiger partial charge in [-0.2, -0.15) is 0 Å². The SMILES string of the molecule is COc1cc(CNS(=O)(=O)c2cccnc2)cc(OC)c1. The summed E-state index contributed by atoms with van der Waals surface area (Å²) < 4.78 is 37.0. The predicted molar refractivity (Wildman–Crippen MR) is 77.8 cm³/mol. The molecule has 6 nitrogen and oxygen atoms in total. The summed E-state index contributed by atoms with van der Waals surface area (Å²) in [6.07, 6.45) is 2.82. The lowest BCUT2D eigenvalue weighted by molar-refractivity contribution is 0.393. The molecule has 1 N–H and O–H groups in total.